The zero-order valence-electron chi connectivity index (χ0n) is 16.7. The van der Waals surface area contributed by atoms with Crippen LogP contribution in [0.2, 0.25) is 5.02 Å². The predicted octanol–water partition coefficient (Wildman–Crippen LogP) is 5.08. The molecule has 2 aromatic carbocycles. The minimum Gasteiger partial charge on any atom is -0.325 e. The van der Waals surface area contributed by atoms with Crippen LogP contribution in [0.25, 0.3) is 0 Å². The van der Waals surface area contributed by atoms with Gasteiger partial charge < -0.3 is 15.1 Å². The number of amides is 1. The molecule has 1 heterocycles. The number of carbonyl (C=O) groups excluding carboxylic acids is 1. The van der Waals surface area contributed by atoms with E-state index in [-0.39, 0.29) is 5.91 Å². The Hall–Kier alpha value is -2.89. The molecule has 0 saturated carbocycles. The first-order valence-electron chi connectivity index (χ1n) is 9.54. The Morgan fingerprint density at radius 2 is 1.69 bits per heavy atom. The molecule has 6 heteroatoms. The lowest BCUT2D eigenvalue weighted by atomic mass is 10.2. The Bertz CT molecular complexity index is 929. The Labute approximate surface area is 176 Å². The number of anilines is 3. The highest BCUT2D eigenvalue weighted by Crippen LogP contribution is 2.30. The fraction of sp³-hybridized carbons (Fsp3) is 0.217. The standard InChI is InChI=1S/C23H25ClN4O/c1-27(2)16-7-17-28(20-8-4-3-5-9-20)22-21(10-6-15-25-22)26-23(29)18-11-13-19(24)14-12-18/h3-6,8-15H,7,16-17H2,1-2H3,(H,26,29). The SMILES string of the molecule is CN(C)CCCN(c1ccccc1)c1ncccc1NC(=O)c1ccc(Cl)cc1. The lowest BCUT2D eigenvalue weighted by Crippen LogP contribution is -2.25. The van der Waals surface area contributed by atoms with Crippen molar-refractivity contribution in [1.29, 1.82) is 0 Å². The zero-order chi connectivity index (χ0) is 20.6. The third-order valence-corrected chi connectivity index (χ3v) is 4.70. The molecule has 0 radical (unpaired) electrons. The van der Waals surface area contributed by atoms with Crippen LogP contribution in [0.3, 0.4) is 0 Å². The van der Waals surface area contributed by atoms with Crippen LogP contribution in [-0.4, -0.2) is 43.0 Å². The van der Waals surface area contributed by atoms with Gasteiger partial charge in [-0.05, 0) is 75.6 Å². The van der Waals surface area contributed by atoms with Crippen LogP contribution < -0.4 is 10.2 Å². The maximum atomic E-state index is 12.7. The van der Waals surface area contributed by atoms with Gasteiger partial charge in [0.05, 0.1) is 5.69 Å². The van der Waals surface area contributed by atoms with E-state index in [1.54, 1.807) is 30.5 Å². The number of rotatable bonds is 8. The summed E-state index contributed by atoms with van der Waals surface area (Å²) >= 11 is 5.93. The molecule has 3 rings (SSSR count). The van der Waals surface area contributed by atoms with Crippen molar-refractivity contribution in [3.8, 4) is 0 Å². The molecule has 1 aromatic heterocycles. The molecule has 0 spiro atoms. The van der Waals surface area contributed by atoms with Crippen molar-refractivity contribution in [2.45, 2.75) is 6.42 Å². The molecule has 1 amide bonds. The highest BCUT2D eigenvalue weighted by molar-refractivity contribution is 6.30. The number of nitrogens with one attached hydrogen (secondary N) is 1. The Morgan fingerprint density at radius 3 is 2.38 bits per heavy atom. The van der Waals surface area contributed by atoms with Gasteiger partial charge in [-0.3, -0.25) is 4.79 Å². The number of halogens is 1. The number of benzene rings is 2. The van der Waals surface area contributed by atoms with E-state index >= 15 is 0 Å². The molecular formula is C23H25ClN4O. The van der Waals surface area contributed by atoms with Crippen LogP contribution in [0.4, 0.5) is 17.2 Å². The van der Waals surface area contributed by atoms with Crippen LogP contribution in [0.1, 0.15) is 16.8 Å². The van der Waals surface area contributed by atoms with Crippen LogP contribution in [0.5, 0.6) is 0 Å². The fourth-order valence-corrected chi connectivity index (χ4v) is 3.14. The van der Waals surface area contributed by atoms with Gasteiger partial charge in [0.15, 0.2) is 5.82 Å². The van der Waals surface area contributed by atoms with E-state index in [0.717, 1.165) is 31.0 Å². The van der Waals surface area contributed by atoms with Crippen molar-refractivity contribution in [1.82, 2.24) is 9.88 Å². The molecular weight excluding hydrogens is 384 g/mol. The first-order valence-corrected chi connectivity index (χ1v) is 9.91. The van der Waals surface area contributed by atoms with Gasteiger partial charge in [-0.25, -0.2) is 4.98 Å². The highest BCUT2D eigenvalue weighted by Gasteiger charge is 2.17. The van der Waals surface area contributed by atoms with Crippen LogP contribution in [0.15, 0.2) is 72.9 Å². The Morgan fingerprint density at radius 1 is 0.966 bits per heavy atom. The number of aromatic nitrogens is 1. The summed E-state index contributed by atoms with van der Waals surface area (Å²) < 4.78 is 0. The highest BCUT2D eigenvalue weighted by atomic mass is 35.5. The second-order valence-corrected chi connectivity index (χ2v) is 7.42. The van der Waals surface area contributed by atoms with E-state index in [2.05, 4.69) is 46.3 Å². The molecule has 29 heavy (non-hydrogen) atoms. The molecule has 0 aliphatic carbocycles. The van der Waals surface area contributed by atoms with Crippen molar-refractivity contribution in [2.75, 3.05) is 37.4 Å². The summed E-state index contributed by atoms with van der Waals surface area (Å²) in [6, 6.07) is 20.6. The molecule has 150 valence electrons. The van der Waals surface area contributed by atoms with Crippen molar-refractivity contribution in [3.63, 3.8) is 0 Å². The summed E-state index contributed by atoms with van der Waals surface area (Å²) in [6.07, 6.45) is 2.71. The van der Waals surface area contributed by atoms with E-state index in [1.807, 2.05) is 30.3 Å². The summed E-state index contributed by atoms with van der Waals surface area (Å²) in [7, 11) is 4.12. The smallest absolute Gasteiger partial charge is 0.255 e. The van der Waals surface area contributed by atoms with E-state index in [9.17, 15) is 4.79 Å². The van der Waals surface area contributed by atoms with Crippen LogP contribution in [0, 0.1) is 0 Å². The average Bonchev–Trinajstić information content (AvgIpc) is 2.73. The number of nitrogens with zero attached hydrogens (tertiary/aromatic N) is 3. The number of pyridine rings is 1. The third kappa shape index (κ3) is 5.79. The largest absolute Gasteiger partial charge is 0.325 e. The Kier molecular flexibility index (Phi) is 7.22. The van der Waals surface area contributed by atoms with E-state index in [1.165, 1.54) is 0 Å². The topological polar surface area (TPSA) is 48.5 Å². The zero-order valence-corrected chi connectivity index (χ0v) is 17.4. The maximum Gasteiger partial charge on any atom is 0.255 e. The summed E-state index contributed by atoms with van der Waals surface area (Å²) in [5, 5.41) is 3.60. The molecule has 0 unspecified atom stereocenters. The molecule has 5 nitrogen and oxygen atoms in total. The fourth-order valence-electron chi connectivity index (χ4n) is 3.02. The van der Waals surface area contributed by atoms with Crippen molar-refractivity contribution in [2.24, 2.45) is 0 Å². The number of hydrogen-bond donors (Lipinski definition) is 1. The number of carbonyl (C=O) groups is 1. The first kappa shape index (κ1) is 20.8. The summed E-state index contributed by atoms with van der Waals surface area (Å²) in [5.41, 5.74) is 2.25. The van der Waals surface area contributed by atoms with Crippen LogP contribution >= 0.6 is 11.6 Å². The van der Waals surface area contributed by atoms with Crippen molar-refractivity contribution in [3.05, 3.63) is 83.5 Å². The van der Waals surface area contributed by atoms with Gasteiger partial charge in [-0.2, -0.15) is 0 Å². The van der Waals surface area contributed by atoms with Gasteiger partial charge in [0.2, 0.25) is 0 Å². The molecule has 0 aliphatic heterocycles. The summed E-state index contributed by atoms with van der Waals surface area (Å²) in [4.78, 5) is 21.6. The number of para-hydroxylation sites is 1. The normalized spacial score (nSPS) is 10.8. The molecule has 0 aliphatic rings. The third-order valence-electron chi connectivity index (χ3n) is 4.45. The van der Waals surface area contributed by atoms with Crippen molar-refractivity contribution < 1.29 is 4.79 Å². The lowest BCUT2D eigenvalue weighted by Gasteiger charge is -2.26. The van der Waals surface area contributed by atoms with Gasteiger partial charge in [-0.15, -0.1) is 0 Å². The Balaban J connectivity index is 1.88. The molecule has 0 saturated heterocycles. The van der Waals surface area contributed by atoms with Crippen LogP contribution in [-0.2, 0) is 0 Å². The van der Waals surface area contributed by atoms with Gasteiger partial charge in [0, 0.05) is 29.0 Å². The second kappa shape index (κ2) is 10.0. The first-order chi connectivity index (χ1) is 14.0. The van der Waals surface area contributed by atoms with Gasteiger partial charge in [0.25, 0.3) is 5.91 Å². The van der Waals surface area contributed by atoms with E-state index in [4.69, 9.17) is 11.6 Å². The lowest BCUT2D eigenvalue weighted by molar-refractivity contribution is 0.102. The predicted molar refractivity (Wildman–Crippen MR) is 120 cm³/mol. The molecule has 3 aromatic rings. The summed E-state index contributed by atoms with van der Waals surface area (Å²) in [5.74, 6) is 0.525. The average molecular weight is 409 g/mol. The minimum absolute atomic E-state index is 0.197. The molecule has 1 N–H and O–H groups in total. The van der Waals surface area contributed by atoms with Gasteiger partial charge in [0.1, 0.15) is 0 Å². The molecule has 0 atom stereocenters. The monoisotopic (exact) mass is 408 g/mol. The second-order valence-electron chi connectivity index (χ2n) is 6.98. The maximum absolute atomic E-state index is 12.7. The van der Waals surface area contributed by atoms with Crippen molar-refractivity contribution >= 4 is 34.7 Å². The quantitative estimate of drug-likeness (QED) is 0.564. The minimum atomic E-state index is -0.197. The van der Waals surface area contributed by atoms with Gasteiger partial charge >= 0.3 is 0 Å². The van der Waals surface area contributed by atoms with E-state index in [0.29, 0.717) is 16.3 Å². The van der Waals surface area contributed by atoms with E-state index < -0.39 is 0 Å². The van der Waals surface area contributed by atoms with Gasteiger partial charge in [-0.1, -0.05) is 29.8 Å². The summed E-state index contributed by atoms with van der Waals surface area (Å²) in [6.45, 7) is 1.74. The molecule has 0 bridgehead atoms. The molecule has 0 fully saturated rings. The number of hydrogen-bond acceptors (Lipinski definition) is 4.